The van der Waals surface area contributed by atoms with Crippen molar-refractivity contribution < 1.29 is 19.1 Å². The fourth-order valence-corrected chi connectivity index (χ4v) is 2.56. The molecule has 1 aromatic carbocycles. The summed E-state index contributed by atoms with van der Waals surface area (Å²) in [6.07, 6.45) is 0. The summed E-state index contributed by atoms with van der Waals surface area (Å²) in [5.41, 5.74) is 0.537. The smallest absolute Gasteiger partial charge is 0.254 e. The number of hydrogen-bond acceptors (Lipinski definition) is 4. The molecule has 0 radical (unpaired) electrons. The quantitative estimate of drug-likeness (QED) is 0.781. The zero-order valence-corrected chi connectivity index (χ0v) is 13.4. The third kappa shape index (κ3) is 3.44. The lowest BCUT2D eigenvalue weighted by Crippen LogP contribution is -2.50. The summed E-state index contributed by atoms with van der Waals surface area (Å²) >= 11 is 5.54. The van der Waals surface area contributed by atoms with Crippen molar-refractivity contribution in [3.8, 4) is 11.5 Å². The van der Waals surface area contributed by atoms with Gasteiger partial charge in [0.15, 0.2) is 11.5 Å². The molecule has 6 nitrogen and oxygen atoms in total. The first-order valence-corrected chi connectivity index (χ1v) is 7.49. The van der Waals surface area contributed by atoms with Crippen LogP contribution in [0.2, 0.25) is 0 Å². The van der Waals surface area contributed by atoms with Gasteiger partial charge in [-0.2, -0.15) is 0 Å². The lowest BCUT2D eigenvalue weighted by molar-refractivity contribution is -0.129. The minimum atomic E-state index is -0.0973. The Labute approximate surface area is 134 Å². The molecule has 1 heterocycles. The number of carbonyl (C=O) groups is 2. The minimum absolute atomic E-state index is 0.0242. The molecular weight excluding hydrogens is 308 g/mol. The van der Waals surface area contributed by atoms with Crippen LogP contribution in [0.3, 0.4) is 0 Å². The molecule has 0 N–H and O–H groups in total. The summed E-state index contributed by atoms with van der Waals surface area (Å²) in [6, 6.07) is 5.08. The van der Waals surface area contributed by atoms with E-state index in [2.05, 4.69) is 0 Å². The largest absolute Gasteiger partial charge is 0.493 e. The Balaban J connectivity index is 2.05. The standard InChI is InChI=1S/C15H19ClN2O4/c1-21-12-4-3-11(9-13(12)22-2)15(20)18-7-5-17(6-8-18)14(19)10-16/h3-4,9H,5-8,10H2,1-2H3. The van der Waals surface area contributed by atoms with Crippen LogP contribution in [0.15, 0.2) is 18.2 Å². The van der Waals surface area contributed by atoms with Crippen molar-refractivity contribution in [1.82, 2.24) is 9.80 Å². The van der Waals surface area contributed by atoms with Crippen LogP contribution in [-0.4, -0.2) is 67.9 Å². The summed E-state index contributed by atoms with van der Waals surface area (Å²) in [6.45, 7) is 2.00. The van der Waals surface area contributed by atoms with Gasteiger partial charge in [-0.05, 0) is 18.2 Å². The first kappa shape index (κ1) is 16.4. The molecule has 0 aliphatic carbocycles. The minimum Gasteiger partial charge on any atom is -0.493 e. The molecule has 0 unspecified atom stereocenters. The lowest BCUT2D eigenvalue weighted by Gasteiger charge is -2.34. The van der Waals surface area contributed by atoms with Crippen molar-refractivity contribution in [1.29, 1.82) is 0 Å². The molecule has 0 atom stereocenters. The van der Waals surface area contributed by atoms with E-state index in [0.29, 0.717) is 43.2 Å². The first-order chi connectivity index (χ1) is 10.6. The van der Waals surface area contributed by atoms with Gasteiger partial charge in [0.2, 0.25) is 5.91 Å². The van der Waals surface area contributed by atoms with Gasteiger partial charge in [0.1, 0.15) is 5.88 Å². The summed E-state index contributed by atoms with van der Waals surface area (Å²) < 4.78 is 10.4. The Morgan fingerprint density at radius 2 is 1.64 bits per heavy atom. The molecule has 0 bridgehead atoms. The average molecular weight is 327 g/mol. The fourth-order valence-electron chi connectivity index (χ4n) is 2.40. The van der Waals surface area contributed by atoms with Crippen LogP contribution in [-0.2, 0) is 4.79 Å². The molecule has 2 amide bonds. The maximum atomic E-state index is 12.5. The molecule has 0 saturated carbocycles. The number of halogens is 1. The number of rotatable bonds is 4. The Kier molecular flexibility index (Phi) is 5.49. The lowest BCUT2D eigenvalue weighted by atomic mass is 10.1. The van der Waals surface area contributed by atoms with Crippen LogP contribution in [0, 0.1) is 0 Å². The molecule has 1 fully saturated rings. The third-order valence-electron chi connectivity index (χ3n) is 3.66. The van der Waals surface area contributed by atoms with Crippen molar-refractivity contribution >= 4 is 23.4 Å². The summed E-state index contributed by atoms with van der Waals surface area (Å²) in [5, 5.41) is 0. The number of piperazine rings is 1. The van der Waals surface area contributed by atoms with Gasteiger partial charge in [-0.3, -0.25) is 9.59 Å². The van der Waals surface area contributed by atoms with Crippen molar-refractivity contribution in [2.24, 2.45) is 0 Å². The van der Waals surface area contributed by atoms with E-state index in [0.717, 1.165) is 0 Å². The normalized spacial score (nSPS) is 14.7. The first-order valence-electron chi connectivity index (χ1n) is 6.95. The van der Waals surface area contributed by atoms with Gasteiger partial charge in [0.05, 0.1) is 14.2 Å². The zero-order valence-electron chi connectivity index (χ0n) is 12.7. The maximum Gasteiger partial charge on any atom is 0.254 e. The highest BCUT2D eigenvalue weighted by molar-refractivity contribution is 6.27. The van der Waals surface area contributed by atoms with Gasteiger partial charge in [0.25, 0.3) is 5.91 Å². The van der Waals surface area contributed by atoms with E-state index in [-0.39, 0.29) is 17.7 Å². The Morgan fingerprint density at radius 1 is 1.05 bits per heavy atom. The third-order valence-corrected chi connectivity index (χ3v) is 3.89. The molecule has 22 heavy (non-hydrogen) atoms. The van der Waals surface area contributed by atoms with E-state index in [1.54, 1.807) is 35.1 Å². The van der Waals surface area contributed by atoms with E-state index in [9.17, 15) is 9.59 Å². The number of alkyl halides is 1. The van der Waals surface area contributed by atoms with E-state index in [4.69, 9.17) is 21.1 Å². The molecule has 2 rings (SSSR count). The zero-order chi connectivity index (χ0) is 16.1. The van der Waals surface area contributed by atoms with E-state index >= 15 is 0 Å². The molecule has 120 valence electrons. The molecule has 1 saturated heterocycles. The molecule has 1 aliphatic rings. The van der Waals surface area contributed by atoms with Crippen LogP contribution in [0.25, 0.3) is 0 Å². The molecule has 1 aliphatic heterocycles. The Hall–Kier alpha value is -1.95. The highest BCUT2D eigenvalue weighted by atomic mass is 35.5. The summed E-state index contributed by atoms with van der Waals surface area (Å²) in [4.78, 5) is 27.4. The molecule has 0 spiro atoms. The van der Waals surface area contributed by atoms with Gasteiger partial charge in [0, 0.05) is 31.7 Å². The molecule has 1 aromatic rings. The maximum absolute atomic E-state index is 12.5. The van der Waals surface area contributed by atoms with E-state index < -0.39 is 0 Å². The number of amides is 2. The summed E-state index contributed by atoms with van der Waals surface area (Å²) in [7, 11) is 3.08. The van der Waals surface area contributed by atoms with Crippen LogP contribution in [0.5, 0.6) is 11.5 Å². The van der Waals surface area contributed by atoms with Gasteiger partial charge in [-0.25, -0.2) is 0 Å². The number of benzene rings is 1. The molecule has 7 heteroatoms. The second kappa shape index (κ2) is 7.35. The monoisotopic (exact) mass is 326 g/mol. The SMILES string of the molecule is COc1ccc(C(=O)N2CCN(C(=O)CCl)CC2)cc1OC. The van der Waals surface area contributed by atoms with Gasteiger partial charge in [-0.1, -0.05) is 0 Å². The topological polar surface area (TPSA) is 59.1 Å². The summed E-state index contributed by atoms with van der Waals surface area (Å²) in [5.74, 6) is 0.892. The second-order valence-electron chi connectivity index (χ2n) is 4.88. The molecule has 0 aromatic heterocycles. The van der Waals surface area contributed by atoms with Crippen molar-refractivity contribution in [2.45, 2.75) is 0 Å². The predicted octanol–water partition coefficient (Wildman–Crippen LogP) is 1.23. The van der Waals surface area contributed by atoms with Crippen molar-refractivity contribution in [3.63, 3.8) is 0 Å². The van der Waals surface area contributed by atoms with Gasteiger partial charge in [-0.15, -0.1) is 11.6 Å². The Morgan fingerprint density at radius 3 is 2.18 bits per heavy atom. The fraction of sp³-hybridized carbons (Fsp3) is 0.467. The van der Waals surface area contributed by atoms with Crippen molar-refractivity contribution in [3.05, 3.63) is 23.8 Å². The highest BCUT2D eigenvalue weighted by Crippen LogP contribution is 2.28. The van der Waals surface area contributed by atoms with Crippen molar-refractivity contribution in [2.75, 3.05) is 46.3 Å². The second-order valence-corrected chi connectivity index (χ2v) is 5.14. The Bertz CT molecular complexity index is 556. The predicted molar refractivity (Wildman–Crippen MR) is 82.7 cm³/mol. The number of carbonyl (C=O) groups excluding carboxylic acids is 2. The molecular formula is C15H19ClN2O4. The van der Waals surface area contributed by atoms with Gasteiger partial charge >= 0.3 is 0 Å². The number of ether oxygens (including phenoxy) is 2. The van der Waals surface area contributed by atoms with Crippen LogP contribution < -0.4 is 9.47 Å². The highest BCUT2D eigenvalue weighted by Gasteiger charge is 2.24. The average Bonchev–Trinajstić information content (AvgIpc) is 2.59. The number of nitrogens with zero attached hydrogens (tertiary/aromatic N) is 2. The van der Waals surface area contributed by atoms with Crippen LogP contribution >= 0.6 is 11.6 Å². The van der Waals surface area contributed by atoms with E-state index in [1.807, 2.05) is 0 Å². The van der Waals surface area contributed by atoms with E-state index in [1.165, 1.54) is 7.11 Å². The van der Waals surface area contributed by atoms with Gasteiger partial charge < -0.3 is 19.3 Å². The van der Waals surface area contributed by atoms with Crippen LogP contribution in [0.1, 0.15) is 10.4 Å². The number of methoxy groups -OCH3 is 2. The van der Waals surface area contributed by atoms with Crippen LogP contribution in [0.4, 0.5) is 0 Å². The number of hydrogen-bond donors (Lipinski definition) is 0.